The van der Waals surface area contributed by atoms with E-state index in [0.29, 0.717) is 12.1 Å². The Morgan fingerprint density at radius 2 is 1.63 bits per heavy atom. The summed E-state index contributed by atoms with van der Waals surface area (Å²) in [5, 5.41) is 10.7. The largest absolute Gasteiger partial charge is 0.461 e. The van der Waals surface area contributed by atoms with Crippen LogP contribution in [0.3, 0.4) is 0 Å². The number of esters is 1. The summed E-state index contributed by atoms with van der Waals surface area (Å²) in [6.45, 7) is 3.13. The molecule has 7 amide bonds. The molecule has 0 spiro atoms. The molecule has 3 aliphatic rings. The predicted molar refractivity (Wildman–Crippen MR) is 197 cm³/mol. The molecule has 5 rings (SSSR count). The molecule has 3 aliphatic heterocycles. The van der Waals surface area contributed by atoms with Crippen molar-refractivity contribution in [3.8, 4) is 12.3 Å². The Balaban J connectivity index is 1.46. The fourth-order valence-electron chi connectivity index (χ4n) is 7.14. The van der Waals surface area contributed by atoms with Crippen molar-refractivity contribution in [2.45, 2.75) is 82.2 Å². The molecule has 2 aromatic rings. The second-order valence-electron chi connectivity index (χ2n) is 14.0. The zero-order valence-electron chi connectivity index (χ0n) is 30.7. The molecule has 3 saturated heterocycles. The number of carbonyl (C=O) groups is 7. The first-order valence-corrected chi connectivity index (χ1v) is 18.1. The molecule has 0 aliphatic carbocycles. The van der Waals surface area contributed by atoms with Gasteiger partial charge in [0.05, 0.1) is 0 Å². The second kappa shape index (κ2) is 17.7. The highest BCUT2D eigenvalue weighted by atomic mass is 16.5. The number of para-hydroxylation sites is 1. The Morgan fingerprint density at radius 3 is 2.31 bits per heavy atom. The van der Waals surface area contributed by atoms with Crippen molar-refractivity contribution in [3.05, 3.63) is 66.2 Å². The highest BCUT2D eigenvalue weighted by molar-refractivity contribution is 5.98. The lowest BCUT2D eigenvalue weighted by atomic mass is 10.0. The molecule has 15 nitrogen and oxygen atoms in total. The monoisotopic (exact) mass is 741 g/mol. The molecular formula is C39H47N7O8. The van der Waals surface area contributed by atoms with E-state index in [2.05, 4.69) is 27.2 Å². The Labute approximate surface area is 314 Å². The summed E-state index contributed by atoms with van der Waals surface area (Å²) in [5.74, 6) is -1.62. The molecule has 15 heteroatoms. The van der Waals surface area contributed by atoms with Crippen LogP contribution in [0.4, 0.5) is 10.5 Å². The summed E-state index contributed by atoms with van der Waals surface area (Å²) in [6.07, 6.45) is 6.49. The van der Waals surface area contributed by atoms with Gasteiger partial charge in [0, 0.05) is 38.7 Å². The first-order valence-electron chi connectivity index (χ1n) is 18.1. The quantitative estimate of drug-likeness (QED) is 0.240. The number of ether oxygens (including phenoxy) is 1. The molecule has 54 heavy (non-hydrogen) atoms. The fourth-order valence-corrected chi connectivity index (χ4v) is 7.14. The molecule has 0 bridgehead atoms. The number of anilines is 1. The maximum absolute atomic E-state index is 14.4. The third-order valence-electron chi connectivity index (χ3n) is 9.99. The number of terminal acetylenes is 1. The molecule has 0 radical (unpaired) electrons. The van der Waals surface area contributed by atoms with E-state index in [4.69, 9.17) is 11.2 Å². The number of fused-ring (bicyclic) bond motifs is 2. The molecular weight excluding hydrogens is 694 g/mol. The van der Waals surface area contributed by atoms with Gasteiger partial charge in [0.2, 0.25) is 29.5 Å². The van der Waals surface area contributed by atoms with Gasteiger partial charge in [-0.1, -0.05) is 55.5 Å². The normalized spacial score (nSPS) is 25.8. The van der Waals surface area contributed by atoms with Gasteiger partial charge in [-0.25, -0.2) is 9.59 Å². The van der Waals surface area contributed by atoms with Crippen LogP contribution >= 0.6 is 0 Å². The molecule has 0 unspecified atom stereocenters. The van der Waals surface area contributed by atoms with E-state index in [1.165, 1.54) is 28.7 Å². The topological polar surface area (TPSA) is 187 Å². The van der Waals surface area contributed by atoms with Crippen molar-refractivity contribution in [1.82, 2.24) is 30.7 Å². The van der Waals surface area contributed by atoms with Crippen LogP contribution in [0.15, 0.2) is 60.7 Å². The van der Waals surface area contributed by atoms with Crippen LogP contribution in [0.2, 0.25) is 0 Å². The number of likely N-dealkylation sites (N-methyl/N-ethyl adjacent to an activating group) is 1. The van der Waals surface area contributed by atoms with Crippen LogP contribution in [-0.2, 0) is 39.9 Å². The maximum atomic E-state index is 14.4. The number of carbonyl (C=O) groups excluding carboxylic acids is 7. The molecule has 4 N–H and O–H groups in total. The zero-order chi connectivity index (χ0) is 38.9. The summed E-state index contributed by atoms with van der Waals surface area (Å²) in [5.41, 5.74) is 1.22. The standard InChI is InChI=1S/C39H47N7O8/c1-5-13-30-34(48)40-25(3)35(49)46-22-24(2)20-32(46)38(52)54-23-29(36(50)45-19-12-18-31(45)37(51)44(30)4)42-33(47)28(21-26-14-8-6-9-15-26)43-39(53)41-27-16-10-7-11-17-27/h1,6-11,14-17,24-25,28-32H,12-13,18-23H2,2-4H3,(H,40,48)(H,42,47)(H2,41,43,53)/t24-,25+,28+,29+,30+,31+,32+/m1/s1. The Morgan fingerprint density at radius 1 is 0.944 bits per heavy atom. The third kappa shape index (κ3) is 9.35. The highest BCUT2D eigenvalue weighted by Gasteiger charge is 2.45. The molecule has 2 aromatic carbocycles. The molecule has 0 saturated carbocycles. The van der Waals surface area contributed by atoms with Crippen LogP contribution in [0, 0.1) is 18.3 Å². The Hall–Kier alpha value is -5.91. The number of benzene rings is 2. The lowest BCUT2D eigenvalue weighted by Gasteiger charge is -2.35. The zero-order valence-corrected chi connectivity index (χ0v) is 30.7. The lowest BCUT2D eigenvalue weighted by molar-refractivity contribution is -0.158. The van der Waals surface area contributed by atoms with Crippen molar-refractivity contribution in [1.29, 1.82) is 0 Å². The summed E-state index contributed by atoms with van der Waals surface area (Å²) in [7, 11) is 1.42. The number of nitrogens with one attached hydrogen (secondary N) is 4. The van der Waals surface area contributed by atoms with Crippen molar-refractivity contribution in [2.75, 3.05) is 32.1 Å². The maximum Gasteiger partial charge on any atom is 0.328 e. The van der Waals surface area contributed by atoms with Gasteiger partial charge in [0.1, 0.15) is 42.9 Å². The number of rotatable bonds is 7. The SMILES string of the molecule is C#CC[C@H]1C(=O)N[C@@H](C)C(=O)N2C[C@H](C)C[C@H]2C(=O)OC[C@H](NC(=O)[C@H](Cc2ccccc2)NC(=O)Nc2ccccc2)C(=O)N2CCC[C@H]2C(=O)N1C. The van der Waals surface area contributed by atoms with Gasteiger partial charge in [-0.2, -0.15) is 0 Å². The Bertz CT molecular complexity index is 1770. The fraction of sp³-hybridized carbons (Fsp3) is 0.462. The molecule has 286 valence electrons. The van der Waals surface area contributed by atoms with Crippen molar-refractivity contribution < 1.29 is 38.3 Å². The van der Waals surface area contributed by atoms with E-state index in [1.54, 1.807) is 54.6 Å². The van der Waals surface area contributed by atoms with Crippen LogP contribution in [0.5, 0.6) is 0 Å². The number of cyclic esters (lactones) is 1. The van der Waals surface area contributed by atoms with Crippen LogP contribution in [-0.4, -0.2) is 119 Å². The molecule has 7 atom stereocenters. The summed E-state index contributed by atoms with van der Waals surface area (Å²) >= 11 is 0. The first kappa shape index (κ1) is 39.3. The first-order chi connectivity index (χ1) is 25.9. The number of urea groups is 1. The van der Waals surface area contributed by atoms with Gasteiger partial charge < -0.3 is 40.7 Å². The molecule has 3 heterocycles. The number of nitrogens with zero attached hydrogens (tertiary/aromatic N) is 3. The van der Waals surface area contributed by atoms with Crippen molar-refractivity contribution in [2.24, 2.45) is 5.92 Å². The summed E-state index contributed by atoms with van der Waals surface area (Å²) in [6, 6.07) is 10.1. The van der Waals surface area contributed by atoms with Crippen molar-refractivity contribution >= 4 is 47.2 Å². The van der Waals surface area contributed by atoms with E-state index in [9.17, 15) is 33.6 Å². The van der Waals surface area contributed by atoms with E-state index >= 15 is 0 Å². The van der Waals surface area contributed by atoms with Gasteiger partial charge in [0.25, 0.3) is 0 Å². The third-order valence-corrected chi connectivity index (χ3v) is 9.99. The number of hydrogen-bond donors (Lipinski definition) is 4. The van der Waals surface area contributed by atoms with Gasteiger partial charge in [-0.3, -0.25) is 24.0 Å². The van der Waals surface area contributed by atoms with Gasteiger partial charge in [-0.05, 0) is 49.8 Å². The molecule has 0 aromatic heterocycles. The minimum atomic E-state index is -1.47. The van der Waals surface area contributed by atoms with Gasteiger partial charge in [-0.15, -0.1) is 12.3 Å². The van der Waals surface area contributed by atoms with Gasteiger partial charge >= 0.3 is 12.0 Å². The number of amides is 7. The van der Waals surface area contributed by atoms with Crippen molar-refractivity contribution in [3.63, 3.8) is 0 Å². The minimum Gasteiger partial charge on any atom is -0.461 e. The summed E-state index contributed by atoms with van der Waals surface area (Å²) in [4.78, 5) is 100. The van der Waals surface area contributed by atoms with E-state index < -0.39 is 84.4 Å². The molecule has 3 fully saturated rings. The summed E-state index contributed by atoms with van der Waals surface area (Å²) < 4.78 is 5.70. The average molecular weight is 742 g/mol. The second-order valence-corrected chi connectivity index (χ2v) is 14.0. The Kier molecular flexibility index (Phi) is 12.9. The van der Waals surface area contributed by atoms with E-state index in [0.717, 1.165) is 5.56 Å². The van der Waals surface area contributed by atoms with E-state index in [-0.39, 0.29) is 44.7 Å². The average Bonchev–Trinajstić information content (AvgIpc) is 3.81. The van der Waals surface area contributed by atoms with Crippen LogP contribution < -0.4 is 21.3 Å². The number of hydrogen-bond acceptors (Lipinski definition) is 8. The van der Waals surface area contributed by atoms with Crippen LogP contribution in [0.1, 0.15) is 45.1 Å². The van der Waals surface area contributed by atoms with Gasteiger partial charge in [0.15, 0.2) is 0 Å². The highest BCUT2D eigenvalue weighted by Crippen LogP contribution is 2.26. The van der Waals surface area contributed by atoms with Crippen LogP contribution in [0.25, 0.3) is 0 Å². The smallest absolute Gasteiger partial charge is 0.328 e. The minimum absolute atomic E-state index is 0.0546. The lowest BCUT2D eigenvalue weighted by Crippen LogP contribution is -2.60. The predicted octanol–water partition coefficient (Wildman–Crippen LogP) is 1.04. The van der Waals surface area contributed by atoms with E-state index in [1.807, 2.05) is 13.0 Å².